The molecule has 3 aromatic rings. The molecule has 37 heavy (non-hydrogen) atoms. The van der Waals surface area contributed by atoms with Crippen molar-refractivity contribution in [3.05, 3.63) is 58.3 Å². The molecule has 1 aliphatic rings. The number of nitrogens with one attached hydrogen (secondary N) is 1. The number of hydrogen-bond donors (Lipinski definition) is 1. The number of benzene rings is 2. The first-order chi connectivity index (χ1) is 17.8. The Morgan fingerprint density at radius 3 is 2.32 bits per heavy atom. The van der Waals surface area contributed by atoms with E-state index >= 15 is 0 Å². The van der Waals surface area contributed by atoms with Gasteiger partial charge >= 0.3 is 0 Å². The number of hydrogen-bond acceptors (Lipinski definition) is 5. The van der Waals surface area contributed by atoms with E-state index < -0.39 is 0 Å². The van der Waals surface area contributed by atoms with Gasteiger partial charge < -0.3 is 15.0 Å². The van der Waals surface area contributed by atoms with Crippen molar-refractivity contribution in [2.45, 2.75) is 59.8 Å². The Bertz CT molecular complexity index is 1130. The molecule has 7 heteroatoms. The molecule has 1 amide bonds. The Kier molecular flexibility index (Phi) is 12.8. The van der Waals surface area contributed by atoms with Crippen molar-refractivity contribution in [2.24, 2.45) is 11.8 Å². The van der Waals surface area contributed by atoms with Crippen LogP contribution in [0.2, 0.25) is 0 Å². The van der Waals surface area contributed by atoms with Crippen molar-refractivity contribution < 1.29 is 9.53 Å². The lowest BCUT2D eigenvalue weighted by Gasteiger charge is -2.27. The van der Waals surface area contributed by atoms with Gasteiger partial charge in [0, 0.05) is 30.5 Å². The summed E-state index contributed by atoms with van der Waals surface area (Å²) in [5.74, 6) is 3.98. The summed E-state index contributed by atoms with van der Waals surface area (Å²) < 4.78 is 5.98. The van der Waals surface area contributed by atoms with Crippen molar-refractivity contribution >= 4 is 38.6 Å². The number of methoxy groups -OCH3 is 1. The second-order valence-corrected chi connectivity index (χ2v) is 10.2. The van der Waals surface area contributed by atoms with Crippen molar-refractivity contribution in [1.29, 1.82) is 0 Å². The number of rotatable bonds is 6. The van der Waals surface area contributed by atoms with E-state index in [9.17, 15) is 4.79 Å². The SMILES string of the molecule is CC.CCC1CCC(CNC(=O)c2cc(OC)ccc2Br)CC1.Cc1nc(N(C)C)c2ccccc2n1. The molecule has 0 saturated heterocycles. The fourth-order valence-corrected chi connectivity index (χ4v) is 4.92. The minimum atomic E-state index is -0.0293. The Hall–Kier alpha value is -2.67. The first kappa shape index (κ1) is 30.6. The van der Waals surface area contributed by atoms with E-state index in [1.807, 2.05) is 76.2 Å². The van der Waals surface area contributed by atoms with Gasteiger partial charge in [0.05, 0.1) is 18.2 Å². The number of fused-ring (bicyclic) bond motifs is 1. The van der Waals surface area contributed by atoms with Gasteiger partial charge in [-0.3, -0.25) is 4.79 Å². The zero-order valence-electron chi connectivity index (χ0n) is 23.5. The van der Waals surface area contributed by atoms with E-state index in [4.69, 9.17) is 4.74 Å². The monoisotopic (exact) mass is 570 g/mol. The highest BCUT2D eigenvalue weighted by Crippen LogP contribution is 2.30. The lowest BCUT2D eigenvalue weighted by molar-refractivity contribution is 0.0940. The van der Waals surface area contributed by atoms with Crippen LogP contribution < -0.4 is 15.0 Å². The van der Waals surface area contributed by atoms with Gasteiger partial charge in [0.25, 0.3) is 5.91 Å². The number of amides is 1. The van der Waals surface area contributed by atoms with E-state index in [0.29, 0.717) is 17.2 Å². The second kappa shape index (κ2) is 15.6. The maximum Gasteiger partial charge on any atom is 0.252 e. The summed E-state index contributed by atoms with van der Waals surface area (Å²) in [6.07, 6.45) is 6.37. The van der Waals surface area contributed by atoms with Crippen LogP contribution in [0.15, 0.2) is 46.9 Å². The Morgan fingerprint density at radius 2 is 1.70 bits per heavy atom. The van der Waals surface area contributed by atoms with Crippen LogP contribution in [0.4, 0.5) is 5.82 Å². The van der Waals surface area contributed by atoms with Crippen molar-refractivity contribution in [3.63, 3.8) is 0 Å². The van der Waals surface area contributed by atoms with Gasteiger partial charge in [-0.1, -0.05) is 52.2 Å². The van der Waals surface area contributed by atoms with Gasteiger partial charge in [0.15, 0.2) is 0 Å². The predicted octanol–water partition coefficient (Wildman–Crippen LogP) is 7.43. The first-order valence-corrected chi connectivity index (χ1v) is 14.1. The highest BCUT2D eigenvalue weighted by molar-refractivity contribution is 9.10. The molecule has 0 bridgehead atoms. The molecule has 1 aliphatic carbocycles. The molecule has 2 aromatic carbocycles. The number of ether oxygens (including phenoxy) is 1. The van der Waals surface area contributed by atoms with Crippen LogP contribution in [-0.2, 0) is 0 Å². The molecule has 0 aliphatic heterocycles. The molecule has 1 saturated carbocycles. The molecule has 0 radical (unpaired) electrons. The molecule has 0 unspecified atom stereocenters. The fourth-order valence-electron chi connectivity index (χ4n) is 4.50. The standard InChI is InChI=1S/C17H24BrNO2.C11H13N3.C2H6/c1-3-12-4-6-13(7-5-12)11-19-17(20)15-10-14(21-2)8-9-16(15)18;1-8-12-10-7-5-4-6-9(10)11(13-8)14(2)3;1-2/h8-10,12-13H,3-7,11H2,1-2H3,(H,19,20);4-7H,1-3H3;1-2H3. The average Bonchev–Trinajstić information content (AvgIpc) is 2.93. The normalized spacial score (nSPS) is 16.5. The Balaban J connectivity index is 0.000000260. The number of aromatic nitrogens is 2. The number of halogens is 1. The lowest BCUT2D eigenvalue weighted by atomic mass is 9.81. The lowest BCUT2D eigenvalue weighted by Crippen LogP contribution is -2.31. The van der Waals surface area contributed by atoms with Gasteiger partial charge in [0.2, 0.25) is 0 Å². The van der Waals surface area contributed by atoms with Crippen molar-refractivity contribution in [2.75, 3.05) is 32.6 Å². The zero-order chi connectivity index (χ0) is 27.4. The molecule has 1 heterocycles. The summed E-state index contributed by atoms with van der Waals surface area (Å²) in [5.41, 5.74) is 1.64. The molecular formula is C30H43BrN4O2. The van der Waals surface area contributed by atoms with Crippen LogP contribution in [0.3, 0.4) is 0 Å². The Labute approximate surface area is 231 Å². The van der Waals surface area contributed by atoms with E-state index in [1.54, 1.807) is 13.2 Å². The molecular weight excluding hydrogens is 528 g/mol. The maximum absolute atomic E-state index is 12.3. The number of carbonyl (C=O) groups is 1. The summed E-state index contributed by atoms with van der Waals surface area (Å²) in [6, 6.07) is 13.5. The van der Waals surface area contributed by atoms with Crippen LogP contribution in [0.25, 0.3) is 10.9 Å². The predicted molar refractivity (Wildman–Crippen MR) is 159 cm³/mol. The van der Waals surface area contributed by atoms with E-state index in [1.165, 1.54) is 32.1 Å². The Morgan fingerprint density at radius 1 is 1.05 bits per heavy atom. The molecule has 6 nitrogen and oxygen atoms in total. The summed E-state index contributed by atoms with van der Waals surface area (Å²) in [6.45, 7) is 8.96. The molecule has 1 aromatic heterocycles. The zero-order valence-corrected chi connectivity index (χ0v) is 25.1. The average molecular weight is 572 g/mol. The van der Waals surface area contributed by atoms with Gasteiger partial charge in [0.1, 0.15) is 17.4 Å². The molecule has 4 rings (SSSR count). The highest BCUT2D eigenvalue weighted by Gasteiger charge is 2.21. The quantitative estimate of drug-likeness (QED) is 0.333. The fraction of sp³-hybridized carbons (Fsp3) is 0.500. The van der Waals surface area contributed by atoms with Gasteiger partial charge in [-0.15, -0.1) is 0 Å². The number of carbonyl (C=O) groups excluding carboxylic acids is 1. The van der Waals surface area contributed by atoms with Crippen LogP contribution in [0, 0.1) is 18.8 Å². The smallest absolute Gasteiger partial charge is 0.252 e. The second-order valence-electron chi connectivity index (χ2n) is 9.36. The van der Waals surface area contributed by atoms with Gasteiger partial charge in [-0.25, -0.2) is 9.97 Å². The molecule has 1 fully saturated rings. The van der Waals surface area contributed by atoms with Crippen molar-refractivity contribution in [3.8, 4) is 5.75 Å². The number of aryl methyl sites for hydroxylation is 1. The van der Waals surface area contributed by atoms with Crippen LogP contribution >= 0.6 is 15.9 Å². The third-order valence-electron chi connectivity index (χ3n) is 6.63. The van der Waals surface area contributed by atoms with E-state index in [2.05, 4.69) is 38.1 Å². The van der Waals surface area contributed by atoms with Gasteiger partial charge in [-0.05, 0) is 77.9 Å². The maximum atomic E-state index is 12.3. The number of anilines is 1. The summed E-state index contributed by atoms with van der Waals surface area (Å²) >= 11 is 3.43. The van der Waals surface area contributed by atoms with Gasteiger partial charge in [-0.2, -0.15) is 0 Å². The third-order valence-corrected chi connectivity index (χ3v) is 7.32. The van der Waals surface area contributed by atoms with E-state index in [-0.39, 0.29) is 5.91 Å². The van der Waals surface area contributed by atoms with Crippen molar-refractivity contribution in [1.82, 2.24) is 15.3 Å². The highest BCUT2D eigenvalue weighted by atomic mass is 79.9. The molecule has 0 atom stereocenters. The van der Waals surface area contributed by atoms with E-state index in [0.717, 1.165) is 39.5 Å². The molecule has 1 N–H and O–H groups in total. The summed E-state index contributed by atoms with van der Waals surface area (Å²) in [5, 5.41) is 4.17. The number of nitrogens with zero attached hydrogens (tertiary/aromatic N) is 3. The molecule has 0 spiro atoms. The molecule has 202 valence electrons. The minimum Gasteiger partial charge on any atom is -0.497 e. The first-order valence-electron chi connectivity index (χ1n) is 13.3. The number of para-hydroxylation sites is 1. The van der Waals surface area contributed by atoms with Crippen LogP contribution in [-0.4, -0.2) is 43.6 Å². The summed E-state index contributed by atoms with van der Waals surface area (Å²) in [4.78, 5) is 23.1. The summed E-state index contributed by atoms with van der Waals surface area (Å²) in [7, 11) is 5.60. The topological polar surface area (TPSA) is 67.3 Å². The largest absolute Gasteiger partial charge is 0.497 e. The minimum absolute atomic E-state index is 0.0293. The third kappa shape index (κ3) is 8.99. The van der Waals surface area contributed by atoms with Crippen LogP contribution in [0.1, 0.15) is 69.1 Å². The van der Waals surface area contributed by atoms with Crippen LogP contribution in [0.5, 0.6) is 5.75 Å².